The first kappa shape index (κ1) is 15.3. The molecule has 0 atom stereocenters. The molecule has 2 heterocycles. The van der Waals surface area contributed by atoms with Gasteiger partial charge in [0.25, 0.3) is 0 Å². The van der Waals surface area contributed by atoms with Crippen LogP contribution in [0.4, 0.5) is 5.69 Å². The molecule has 0 fully saturated rings. The van der Waals surface area contributed by atoms with Crippen LogP contribution < -0.4 is 21.2 Å². The van der Waals surface area contributed by atoms with Gasteiger partial charge in [-0.25, -0.2) is 4.79 Å². The third kappa shape index (κ3) is 2.63. The molecule has 1 aliphatic heterocycles. The molecule has 0 unspecified atom stereocenters. The van der Waals surface area contributed by atoms with Crippen LogP contribution >= 0.6 is 0 Å². The highest BCUT2D eigenvalue weighted by atomic mass is 16.5. The highest BCUT2D eigenvalue weighted by molar-refractivity contribution is 5.97. The van der Waals surface area contributed by atoms with Gasteiger partial charge in [0.1, 0.15) is 11.3 Å². The van der Waals surface area contributed by atoms with Gasteiger partial charge in [0, 0.05) is 17.5 Å². The third-order valence-electron chi connectivity index (χ3n) is 4.49. The van der Waals surface area contributed by atoms with E-state index in [1.807, 2.05) is 49.4 Å². The number of benzene rings is 2. The van der Waals surface area contributed by atoms with Crippen molar-refractivity contribution in [1.82, 2.24) is 5.43 Å². The summed E-state index contributed by atoms with van der Waals surface area (Å²) in [6.07, 6.45) is 0.655. The van der Waals surface area contributed by atoms with E-state index in [2.05, 4.69) is 10.9 Å². The van der Waals surface area contributed by atoms with Crippen molar-refractivity contribution in [2.45, 2.75) is 13.3 Å². The molecule has 0 bridgehead atoms. The van der Waals surface area contributed by atoms with Crippen LogP contribution in [0.2, 0.25) is 0 Å². The predicted molar refractivity (Wildman–Crippen MR) is 98.5 cm³/mol. The lowest BCUT2D eigenvalue weighted by molar-refractivity contribution is 0.414. The normalized spacial score (nSPS) is 13.2. The van der Waals surface area contributed by atoms with Gasteiger partial charge >= 0.3 is 5.63 Å². The smallest absolute Gasteiger partial charge is 0.346 e. The molecule has 5 heteroatoms. The standard InChI is InChI=1S/C20H18N2O3/c1-12-16(11-13-6-5-7-14(10-13)24-2)21-22-19-15-8-3-4-9-17(15)25-20(23)18(12)19/h3-10,21-22H,11H2,1-2H3. The number of anilines is 1. The van der Waals surface area contributed by atoms with Crippen LogP contribution in [0.5, 0.6) is 5.75 Å². The average molecular weight is 334 g/mol. The second-order valence-electron chi connectivity index (χ2n) is 6.02. The van der Waals surface area contributed by atoms with Crippen LogP contribution in [-0.2, 0) is 6.42 Å². The summed E-state index contributed by atoms with van der Waals surface area (Å²) in [4.78, 5) is 12.5. The number of ether oxygens (including phenoxy) is 1. The Balaban J connectivity index is 1.81. The molecular formula is C20H18N2O3. The van der Waals surface area contributed by atoms with Crippen molar-refractivity contribution in [1.29, 1.82) is 0 Å². The monoisotopic (exact) mass is 334 g/mol. The molecule has 25 heavy (non-hydrogen) atoms. The van der Waals surface area contributed by atoms with E-state index in [-0.39, 0.29) is 5.63 Å². The Kier molecular flexibility index (Phi) is 3.69. The first-order chi connectivity index (χ1) is 12.2. The van der Waals surface area contributed by atoms with Crippen LogP contribution in [0, 0.1) is 0 Å². The fourth-order valence-corrected chi connectivity index (χ4v) is 3.17. The number of hydrogen-bond donors (Lipinski definition) is 2. The van der Waals surface area contributed by atoms with E-state index in [0.29, 0.717) is 17.6 Å². The number of allylic oxidation sites excluding steroid dienone is 2. The number of hydrogen-bond acceptors (Lipinski definition) is 5. The van der Waals surface area contributed by atoms with Crippen LogP contribution in [0.3, 0.4) is 0 Å². The summed E-state index contributed by atoms with van der Waals surface area (Å²) in [6.45, 7) is 1.94. The van der Waals surface area contributed by atoms with Crippen LogP contribution in [0.15, 0.2) is 63.4 Å². The van der Waals surface area contributed by atoms with Crippen molar-refractivity contribution < 1.29 is 9.15 Å². The van der Waals surface area contributed by atoms with Crippen molar-refractivity contribution in [2.24, 2.45) is 0 Å². The highest BCUT2D eigenvalue weighted by Crippen LogP contribution is 2.33. The zero-order valence-corrected chi connectivity index (χ0v) is 14.1. The summed E-state index contributed by atoms with van der Waals surface area (Å²) in [5.74, 6) is 0.811. The van der Waals surface area contributed by atoms with Gasteiger partial charge in [0.05, 0.1) is 18.4 Å². The molecule has 4 rings (SSSR count). The SMILES string of the molecule is COc1cccc(CC2=C(C)c3c(c4ccccc4oc3=O)NN2)c1. The fourth-order valence-electron chi connectivity index (χ4n) is 3.17. The Hall–Kier alpha value is -3.21. The van der Waals surface area contributed by atoms with Gasteiger partial charge in [0.15, 0.2) is 0 Å². The molecule has 126 valence electrons. The van der Waals surface area contributed by atoms with E-state index in [0.717, 1.165) is 33.7 Å². The minimum Gasteiger partial charge on any atom is -0.497 e. The quantitative estimate of drug-likeness (QED) is 0.715. The van der Waals surface area contributed by atoms with Gasteiger partial charge in [-0.2, -0.15) is 0 Å². The largest absolute Gasteiger partial charge is 0.497 e. The van der Waals surface area contributed by atoms with Gasteiger partial charge in [-0.3, -0.25) is 5.43 Å². The first-order valence-corrected chi connectivity index (χ1v) is 8.08. The zero-order valence-electron chi connectivity index (χ0n) is 14.1. The molecule has 0 saturated heterocycles. The first-order valence-electron chi connectivity index (χ1n) is 8.08. The van der Waals surface area contributed by atoms with Crippen molar-refractivity contribution in [2.75, 3.05) is 12.5 Å². The van der Waals surface area contributed by atoms with Crippen LogP contribution in [0.25, 0.3) is 16.5 Å². The fraction of sp³-hybridized carbons (Fsp3) is 0.150. The van der Waals surface area contributed by atoms with Gasteiger partial charge in [0.2, 0.25) is 0 Å². The average Bonchev–Trinajstić information content (AvgIpc) is 2.64. The molecule has 1 aromatic heterocycles. The van der Waals surface area contributed by atoms with E-state index >= 15 is 0 Å². The summed E-state index contributed by atoms with van der Waals surface area (Å²) in [5.41, 5.74) is 10.9. The molecule has 0 amide bonds. The second kappa shape index (κ2) is 6.02. The number of nitrogens with one attached hydrogen (secondary N) is 2. The molecule has 5 nitrogen and oxygen atoms in total. The van der Waals surface area contributed by atoms with Gasteiger partial charge < -0.3 is 14.6 Å². The summed E-state index contributed by atoms with van der Waals surface area (Å²) in [7, 11) is 1.65. The van der Waals surface area contributed by atoms with E-state index in [1.54, 1.807) is 13.2 Å². The van der Waals surface area contributed by atoms with E-state index in [4.69, 9.17) is 9.15 Å². The van der Waals surface area contributed by atoms with Crippen molar-refractivity contribution >= 4 is 22.2 Å². The molecule has 1 aliphatic rings. The van der Waals surface area contributed by atoms with E-state index in [9.17, 15) is 4.79 Å². The number of hydrazine groups is 1. The minimum atomic E-state index is -0.330. The van der Waals surface area contributed by atoms with Gasteiger partial charge in [-0.1, -0.05) is 24.3 Å². The number of para-hydroxylation sites is 1. The maximum atomic E-state index is 12.5. The lowest BCUT2D eigenvalue weighted by Crippen LogP contribution is -2.30. The maximum Gasteiger partial charge on any atom is 0.346 e. The lowest BCUT2D eigenvalue weighted by Gasteiger charge is -2.24. The number of methoxy groups -OCH3 is 1. The molecule has 0 saturated carbocycles. The number of rotatable bonds is 3. The Morgan fingerprint density at radius 3 is 2.76 bits per heavy atom. The third-order valence-corrected chi connectivity index (χ3v) is 4.49. The summed E-state index contributed by atoms with van der Waals surface area (Å²) >= 11 is 0. The van der Waals surface area contributed by atoms with Crippen molar-refractivity contribution in [3.8, 4) is 5.75 Å². The topological polar surface area (TPSA) is 63.5 Å². The summed E-state index contributed by atoms with van der Waals surface area (Å²) in [5, 5.41) is 0.879. The van der Waals surface area contributed by atoms with Gasteiger partial charge in [-0.05, 0) is 42.3 Å². The van der Waals surface area contributed by atoms with Crippen LogP contribution in [0.1, 0.15) is 18.1 Å². The molecular weight excluding hydrogens is 316 g/mol. The van der Waals surface area contributed by atoms with E-state index < -0.39 is 0 Å². The summed E-state index contributed by atoms with van der Waals surface area (Å²) < 4.78 is 10.8. The second-order valence-corrected chi connectivity index (χ2v) is 6.02. The predicted octanol–water partition coefficient (Wildman–Crippen LogP) is 3.71. The van der Waals surface area contributed by atoms with Crippen molar-refractivity contribution in [3.63, 3.8) is 0 Å². The Labute approximate surface area is 144 Å². The lowest BCUT2D eigenvalue weighted by atomic mass is 9.98. The van der Waals surface area contributed by atoms with Crippen molar-refractivity contribution in [3.05, 3.63) is 75.8 Å². The van der Waals surface area contributed by atoms with E-state index in [1.165, 1.54) is 0 Å². The van der Waals surface area contributed by atoms with Gasteiger partial charge in [-0.15, -0.1) is 0 Å². The molecule has 3 aromatic rings. The Bertz CT molecular complexity index is 1050. The molecule has 0 radical (unpaired) electrons. The maximum absolute atomic E-state index is 12.5. The zero-order chi connectivity index (χ0) is 17.4. The number of fused-ring (bicyclic) bond motifs is 3. The summed E-state index contributed by atoms with van der Waals surface area (Å²) in [6, 6.07) is 15.4. The van der Waals surface area contributed by atoms with Crippen LogP contribution in [-0.4, -0.2) is 7.11 Å². The Morgan fingerprint density at radius 2 is 1.92 bits per heavy atom. The molecule has 0 spiro atoms. The minimum absolute atomic E-state index is 0.330. The molecule has 2 N–H and O–H groups in total. The highest BCUT2D eigenvalue weighted by Gasteiger charge is 2.22. The Morgan fingerprint density at radius 1 is 1.08 bits per heavy atom. The molecule has 2 aromatic carbocycles. The molecule has 0 aliphatic carbocycles.